The van der Waals surface area contributed by atoms with Gasteiger partial charge in [-0.1, -0.05) is 11.1 Å². The largest absolute Gasteiger partial charge is 0.165 e. The monoisotopic (exact) mass is 144 g/mol. The number of rotatable bonds is 3. The molecule has 0 aliphatic heterocycles. The van der Waals surface area contributed by atoms with Gasteiger partial charge in [-0.05, 0) is 39.2 Å². The van der Waals surface area contributed by atoms with Gasteiger partial charge in [-0.2, -0.15) is 11.8 Å². The molecule has 0 nitrogen and oxygen atoms in total. The Morgan fingerprint density at radius 2 is 1.78 bits per heavy atom. The van der Waals surface area contributed by atoms with Crippen molar-refractivity contribution in [1.82, 2.24) is 0 Å². The molecule has 0 unspecified atom stereocenters. The van der Waals surface area contributed by atoms with Crippen LogP contribution in [0.4, 0.5) is 0 Å². The zero-order chi connectivity index (χ0) is 7.28. The zero-order valence-corrected chi connectivity index (χ0v) is 7.64. The Morgan fingerprint density at radius 1 is 1.22 bits per heavy atom. The molecule has 0 fully saturated rings. The van der Waals surface area contributed by atoms with Crippen molar-refractivity contribution in [3.63, 3.8) is 0 Å². The molecule has 1 heteroatoms. The molecule has 0 bridgehead atoms. The molecule has 0 aliphatic rings. The molecule has 0 saturated heterocycles. The lowest BCUT2D eigenvalue weighted by atomic mass is 10.1. The van der Waals surface area contributed by atoms with E-state index in [2.05, 4.69) is 27.0 Å². The van der Waals surface area contributed by atoms with Crippen molar-refractivity contribution in [3.05, 3.63) is 11.1 Å². The minimum Gasteiger partial charge on any atom is -0.165 e. The fraction of sp³-hybridized carbons (Fsp3) is 0.750. The predicted octanol–water partition coefficient (Wildman–Crippen LogP) is 3.10. The molecular weight excluding hydrogens is 128 g/mol. The smallest absolute Gasteiger partial charge is 0.00330 e. The highest BCUT2D eigenvalue weighted by Gasteiger charge is 1.89. The number of hydrogen-bond acceptors (Lipinski definition) is 1. The molecular formula is C8H16S. The lowest BCUT2D eigenvalue weighted by Crippen LogP contribution is -1.82. The summed E-state index contributed by atoms with van der Waals surface area (Å²) in [6.07, 6.45) is 3.40. The Labute approximate surface area is 62.7 Å². The molecule has 0 aromatic rings. The number of hydrogen-bond donors (Lipinski definition) is 0. The van der Waals surface area contributed by atoms with Gasteiger partial charge in [-0.25, -0.2) is 0 Å². The summed E-state index contributed by atoms with van der Waals surface area (Å²) in [7, 11) is 0. The minimum absolute atomic E-state index is 1.25. The van der Waals surface area contributed by atoms with Crippen LogP contribution in [0.3, 0.4) is 0 Å². The van der Waals surface area contributed by atoms with Crippen molar-refractivity contribution in [2.75, 3.05) is 12.0 Å². The Balaban J connectivity index is 3.50. The summed E-state index contributed by atoms with van der Waals surface area (Å²) in [5, 5.41) is 0. The van der Waals surface area contributed by atoms with Crippen molar-refractivity contribution in [2.45, 2.75) is 27.2 Å². The van der Waals surface area contributed by atoms with Crippen molar-refractivity contribution in [3.8, 4) is 0 Å². The van der Waals surface area contributed by atoms with Crippen LogP contribution in [0.1, 0.15) is 27.2 Å². The van der Waals surface area contributed by atoms with Crippen LogP contribution in [0.25, 0.3) is 0 Å². The average Bonchev–Trinajstić information content (AvgIpc) is 1.82. The van der Waals surface area contributed by atoms with Crippen LogP contribution >= 0.6 is 11.8 Å². The highest BCUT2D eigenvalue weighted by atomic mass is 32.2. The number of allylic oxidation sites excluding steroid dienone is 2. The van der Waals surface area contributed by atoms with Gasteiger partial charge in [-0.15, -0.1) is 0 Å². The van der Waals surface area contributed by atoms with Gasteiger partial charge in [0.15, 0.2) is 0 Å². The lowest BCUT2D eigenvalue weighted by Gasteiger charge is -2.00. The standard InChI is InChI=1S/C8H16S/c1-7(2)8(3)5-6-9-4/h5-6H2,1-4H3. The highest BCUT2D eigenvalue weighted by molar-refractivity contribution is 7.98. The maximum Gasteiger partial charge on any atom is -0.00330 e. The Bertz CT molecular complexity index is 99.1. The Hall–Kier alpha value is 0.0900. The van der Waals surface area contributed by atoms with Gasteiger partial charge < -0.3 is 0 Å². The summed E-state index contributed by atoms with van der Waals surface area (Å²) in [4.78, 5) is 0. The quantitative estimate of drug-likeness (QED) is 0.548. The Morgan fingerprint density at radius 3 is 2.11 bits per heavy atom. The second-order valence-electron chi connectivity index (χ2n) is 2.52. The van der Waals surface area contributed by atoms with Gasteiger partial charge in [0, 0.05) is 0 Å². The van der Waals surface area contributed by atoms with E-state index < -0.39 is 0 Å². The van der Waals surface area contributed by atoms with E-state index in [0.29, 0.717) is 0 Å². The van der Waals surface area contributed by atoms with Crippen LogP contribution in [0.15, 0.2) is 11.1 Å². The van der Waals surface area contributed by atoms with Crippen LogP contribution < -0.4 is 0 Å². The van der Waals surface area contributed by atoms with Crippen LogP contribution in [0.2, 0.25) is 0 Å². The minimum atomic E-state index is 1.25. The normalized spacial score (nSPS) is 9.33. The first kappa shape index (κ1) is 9.09. The van der Waals surface area contributed by atoms with E-state index in [1.807, 2.05) is 11.8 Å². The summed E-state index contributed by atoms with van der Waals surface area (Å²) >= 11 is 1.91. The van der Waals surface area contributed by atoms with E-state index in [1.54, 1.807) is 5.57 Å². The average molecular weight is 144 g/mol. The van der Waals surface area contributed by atoms with E-state index in [1.165, 1.54) is 17.7 Å². The molecule has 0 heterocycles. The van der Waals surface area contributed by atoms with Crippen molar-refractivity contribution >= 4 is 11.8 Å². The molecule has 0 aromatic carbocycles. The predicted molar refractivity (Wildman–Crippen MR) is 47.0 cm³/mol. The van der Waals surface area contributed by atoms with Crippen molar-refractivity contribution < 1.29 is 0 Å². The molecule has 0 saturated carbocycles. The molecule has 0 aliphatic carbocycles. The van der Waals surface area contributed by atoms with E-state index in [4.69, 9.17) is 0 Å². The Kier molecular flexibility index (Phi) is 4.97. The third-order valence-electron chi connectivity index (χ3n) is 1.53. The second-order valence-corrected chi connectivity index (χ2v) is 3.51. The third-order valence-corrected chi connectivity index (χ3v) is 2.15. The highest BCUT2D eigenvalue weighted by Crippen LogP contribution is 2.09. The maximum absolute atomic E-state index is 2.21. The van der Waals surface area contributed by atoms with Gasteiger partial charge in [0.25, 0.3) is 0 Å². The molecule has 0 N–H and O–H groups in total. The van der Waals surface area contributed by atoms with Gasteiger partial charge in [0.2, 0.25) is 0 Å². The molecule has 0 atom stereocenters. The molecule has 54 valence electrons. The molecule has 0 aromatic heterocycles. The summed E-state index contributed by atoms with van der Waals surface area (Å²) < 4.78 is 0. The summed E-state index contributed by atoms with van der Waals surface area (Å²) in [6, 6.07) is 0. The first-order chi connectivity index (χ1) is 4.18. The first-order valence-corrected chi connectivity index (χ1v) is 4.69. The van der Waals surface area contributed by atoms with Gasteiger partial charge in [-0.3, -0.25) is 0 Å². The fourth-order valence-electron chi connectivity index (χ4n) is 0.505. The van der Waals surface area contributed by atoms with Crippen LogP contribution in [0.5, 0.6) is 0 Å². The van der Waals surface area contributed by atoms with Crippen molar-refractivity contribution in [1.29, 1.82) is 0 Å². The maximum atomic E-state index is 2.21. The summed E-state index contributed by atoms with van der Waals surface area (Å²) in [5.74, 6) is 1.26. The van der Waals surface area contributed by atoms with Gasteiger partial charge in [0.05, 0.1) is 0 Å². The zero-order valence-electron chi connectivity index (χ0n) is 6.82. The second kappa shape index (κ2) is 4.92. The molecule has 0 spiro atoms. The molecule has 0 rings (SSSR count). The molecule has 0 amide bonds. The van der Waals surface area contributed by atoms with E-state index >= 15 is 0 Å². The van der Waals surface area contributed by atoms with Gasteiger partial charge >= 0.3 is 0 Å². The van der Waals surface area contributed by atoms with Crippen LogP contribution in [-0.2, 0) is 0 Å². The topological polar surface area (TPSA) is 0 Å². The summed E-state index contributed by atoms with van der Waals surface area (Å²) in [6.45, 7) is 6.57. The molecule has 0 radical (unpaired) electrons. The summed E-state index contributed by atoms with van der Waals surface area (Å²) in [5.41, 5.74) is 3.02. The van der Waals surface area contributed by atoms with E-state index in [9.17, 15) is 0 Å². The SMILES string of the molecule is CSCCC(C)=C(C)C. The van der Waals surface area contributed by atoms with Crippen LogP contribution in [-0.4, -0.2) is 12.0 Å². The van der Waals surface area contributed by atoms with Gasteiger partial charge in [0.1, 0.15) is 0 Å². The van der Waals surface area contributed by atoms with Crippen molar-refractivity contribution in [2.24, 2.45) is 0 Å². The third kappa shape index (κ3) is 4.58. The van der Waals surface area contributed by atoms with Crippen LogP contribution in [0, 0.1) is 0 Å². The number of thioether (sulfide) groups is 1. The fourth-order valence-corrected chi connectivity index (χ4v) is 1.02. The molecule has 9 heavy (non-hydrogen) atoms. The lowest BCUT2D eigenvalue weighted by molar-refractivity contribution is 1.07. The first-order valence-electron chi connectivity index (χ1n) is 3.30. The van der Waals surface area contributed by atoms with E-state index in [0.717, 1.165) is 0 Å². The van der Waals surface area contributed by atoms with E-state index in [-0.39, 0.29) is 0 Å².